The van der Waals surface area contributed by atoms with Crippen molar-refractivity contribution in [2.45, 2.75) is 44.6 Å². The van der Waals surface area contributed by atoms with Crippen LogP contribution in [-0.2, 0) is 0 Å². The number of likely N-dealkylation sites (tertiary alicyclic amines) is 1. The first kappa shape index (κ1) is 13.5. The third kappa shape index (κ3) is 2.78. The van der Waals surface area contributed by atoms with E-state index in [1.54, 1.807) is 0 Å². The Labute approximate surface area is 127 Å². The highest BCUT2D eigenvalue weighted by Crippen LogP contribution is 2.35. The lowest BCUT2D eigenvalue weighted by atomic mass is 9.80. The van der Waals surface area contributed by atoms with Crippen LogP contribution in [-0.4, -0.2) is 47.1 Å². The second-order valence-corrected chi connectivity index (χ2v) is 7.07. The van der Waals surface area contributed by atoms with Crippen LogP contribution in [0.3, 0.4) is 0 Å². The first-order valence-electron chi connectivity index (χ1n) is 8.66. The van der Waals surface area contributed by atoms with Crippen molar-refractivity contribution in [3.8, 4) is 0 Å². The summed E-state index contributed by atoms with van der Waals surface area (Å²) in [7, 11) is 0. The SMILES string of the molecule is c1cnc(N2CC[C@@H]3[C@H](C2)CN3CC2CCCCC2)nc1. The van der Waals surface area contributed by atoms with Crippen molar-refractivity contribution in [2.24, 2.45) is 11.8 Å². The number of fused-ring (bicyclic) bond motifs is 1. The zero-order valence-electron chi connectivity index (χ0n) is 12.8. The van der Waals surface area contributed by atoms with E-state index in [4.69, 9.17) is 0 Å². The molecule has 3 aliphatic rings. The number of nitrogens with zero attached hydrogens (tertiary/aromatic N) is 4. The highest BCUT2D eigenvalue weighted by molar-refractivity contribution is 5.30. The lowest BCUT2D eigenvalue weighted by Gasteiger charge is -2.54. The van der Waals surface area contributed by atoms with Gasteiger partial charge in [-0.25, -0.2) is 9.97 Å². The molecule has 21 heavy (non-hydrogen) atoms. The van der Waals surface area contributed by atoms with Crippen LogP contribution >= 0.6 is 0 Å². The third-order valence-corrected chi connectivity index (χ3v) is 5.68. The average molecular weight is 286 g/mol. The minimum atomic E-state index is 0.839. The summed E-state index contributed by atoms with van der Waals surface area (Å²) in [6.07, 6.45) is 12.3. The highest BCUT2D eigenvalue weighted by Gasteiger charge is 2.43. The second kappa shape index (κ2) is 5.91. The van der Waals surface area contributed by atoms with E-state index in [1.807, 2.05) is 18.5 Å². The average Bonchev–Trinajstić information content (AvgIpc) is 2.54. The molecule has 0 N–H and O–H groups in total. The van der Waals surface area contributed by atoms with Crippen molar-refractivity contribution >= 4 is 5.95 Å². The summed E-state index contributed by atoms with van der Waals surface area (Å²) < 4.78 is 0. The van der Waals surface area contributed by atoms with Crippen molar-refractivity contribution in [1.29, 1.82) is 0 Å². The van der Waals surface area contributed by atoms with Gasteiger partial charge >= 0.3 is 0 Å². The maximum absolute atomic E-state index is 4.40. The second-order valence-electron chi connectivity index (χ2n) is 7.07. The van der Waals surface area contributed by atoms with Crippen LogP contribution < -0.4 is 4.90 Å². The Morgan fingerprint density at radius 1 is 1.00 bits per heavy atom. The normalized spacial score (nSPS) is 30.8. The maximum atomic E-state index is 4.40. The van der Waals surface area contributed by atoms with E-state index < -0.39 is 0 Å². The molecule has 0 amide bonds. The molecule has 4 nitrogen and oxygen atoms in total. The Morgan fingerprint density at radius 2 is 1.81 bits per heavy atom. The van der Waals surface area contributed by atoms with Gasteiger partial charge in [0.05, 0.1) is 0 Å². The van der Waals surface area contributed by atoms with Gasteiger partial charge in [0.15, 0.2) is 0 Å². The van der Waals surface area contributed by atoms with E-state index in [0.717, 1.165) is 36.9 Å². The van der Waals surface area contributed by atoms with Crippen LogP contribution in [0.5, 0.6) is 0 Å². The Morgan fingerprint density at radius 3 is 2.57 bits per heavy atom. The molecule has 2 saturated heterocycles. The van der Waals surface area contributed by atoms with Gasteiger partial charge in [0.2, 0.25) is 5.95 Å². The summed E-state index contributed by atoms with van der Waals surface area (Å²) in [5, 5.41) is 0. The fourth-order valence-electron chi connectivity index (χ4n) is 4.53. The van der Waals surface area contributed by atoms with Gasteiger partial charge in [-0.2, -0.15) is 0 Å². The van der Waals surface area contributed by atoms with Crippen molar-refractivity contribution in [3.05, 3.63) is 18.5 Å². The third-order valence-electron chi connectivity index (χ3n) is 5.68. The highest BCUT2D eigenvalue weighted by atomic mass is 15.3. The van der Waals surface area contributed by atoms with Crippen LogP contribution in [0.1, 0.15) is 38.5 Å². The first-order chi connectivity index (χ1) is 10.4. The molecule has 1 aromatic rings. The van der Waals surface area contributed by atoms with E-state index in [1.165, 1.54) is 51.6 Å². The number of hydrogen-bond donors (Lipinski definition) is 0. The molecule has 1 saturated carbocycles. The molecule has 0 spiro atoms. The number of hydrogen-bond acceptors (Lipinski definition) is 4. The zero-order chi connectivity index (χ0) is 14.1. The van der Waals surface area contributed by atoms with Gasteiger partial charge in [0, 0.05) is 50.5 Å². The summed E-state index contributed by atoms with van der Waals surface area (Å²) in [6.45, 7) is 4.93. The molecule has 3 heterocycles. The van der Waals surface area contributed by atoms with Gasteiger partial charge in [-0.3, -0.25) is 4.90 Å². The molecule has 114 valence electrons. The molecular weight excluding hydrogens is 260 g/mol. The monoisotopic (exact) mass is 286 g/mol. The summed E-state index contributed by atoms with van der Waals surface area (Å²) in [6, 6.07) is 2.73. The van der Waals surface area contributed by atoms with Crippen molar-refractivity contribution < 1.29 is 0 Å². The van der Waals surface area contributed by atoms with Crippen LogP contribution in [0.15, 0.2) is 18.5 Å². The molecule has 4 rings (SSSR count). The minimum Gasteiger partial charge on any atom is -0.340 e. The molecule has 0 aromatic carbocycles. The molecule has 2 aliphatic heterocycles. The smallest absolute Gasteiger partial charge is 0.225 e. The summed E-state index contributed by atoms with van der Waals surface area (Å²) in [4.78, 5) is 13.9. The molecule has 0 bridgehead atoms. The van der Waals surface area contributed by atoms with E-state index in [2.05, 4.69) is 19.8 Å². The number of aromatic nitrogens is 2. The largest absolute Gasteiger partial charge is 0.340 e. The van der Waals surface area contributed by atoms with Gasteiger partial charge in [-0.05, 0) is 31.2 Å². The van der Waals surface area contributed by atoms with Gasteiger partial charge in [-0.15, -0.1) is 0 Å². The standard InChI is InChI=1S/C17H26N4/c1-2-5-14(6-3-1)11-21-13-15-12-20(10-7-16(15)21)17-18-8-4-9-19-17/h4,8-9,14-16H,1-3,5-7,10-13H2/t15-,16-/m1/s1. The number of rotatable bonds is 3. The van der Waals surface area contributed by atoms with E-state index >= 15 is 0 Å². The molecule has 1 aromatic heterocycles. The Bertz CT molecular complexity index is 457. The van der Waals surface area contributed by atoms with Crippen LogP contribution in [0.4, 0.5) is 5.95 Å². The quantitative estimate of drug-likeness (QED) is 0.855. The van der Waals surface area contributed by atoms with Crippen LogP contribution in [0, 0.1) is 11.8 Å². The Kier molecular flexibility index (Phi) is 3.80. The van der Waals surface area contributed by atoms with E-state index in [9.17, 15) is 0 Å². The molecule has 3 fully saturated rings. The fraction of sp³-hybridized carbons (Fsp3) is 0.765. The Balaban J connectivity index is 1.30. The van der Waals surface area contributed by atoms with Gasteiger partial charge < -0.3 is 4.90 Å². The number of piperidine rings is 1. The molecule has 4 heteroatoms. The first-order valence-corrected chi connectivity index (χ1v) is 8.66. The van der Waals surface area contributed by atoms with Gasteiger partial charge in [0.25, 0.3) is 0 Å². The lowest BCUT2D eigenvalue weighted by molar-refractivity contribution is -0.0138. The predicted molar refractivity (Wildman–Crippen MR) is 84.3 cm³/mol. The zero-order valence-corrected chi connectivity index (χ0v) is 12.8. The fourth-order valence-corrected chi connectivity index (χ4v) is 4.53. The molecule has 0 radical (unpaired) electrons. The molecule has 1 aliphatic carbocycles. The summed E-state index contributed by atoms with van der Waals surface area (Å²) in [5.74, 6) is 2.74. The van der Waals surface area contributed by atoms with E-state index in [-0.39, 0.29) is 0 Å². The Hall–Kier alpha value is -1.16. The van der Waals surface area contributed by atoms with Crippen molar-refractivity contribution in [3.63, 3.8) is 0 Å². The minimum absolute atomic E-state index is 0.839. The topological polar surface area (TPSA) is 32.3 Å². The summed E-state index contributed by atoms with van der Waals surface area (Å²) in [5.41, 5.74) is 0. The van der Waals surface area contributed by atoms with Crippen LogP contribution in [0.2, 0.25) is 0 Å². The number of anilines is 1. The molecule has 0 unspecified atom stereocenters. The summed E-state index contributed by atoms with van der Waals surface area (Å²) >= 11 is 0. The van der Waals surface area contributed by atoms with Crippen molar-refractivity contribution in [2.75, 3.05) is 31.1 Å². The maximum Gasteiger partial charge on any atom is 0.225 e. The van der Waals surface area contributed by atoms with Crippen molar-refractivity contribution in [1.82, 2.24) is 14.9 Å². The van der Waals surface area contributed by atoms with Crippen LogP contribution in [0.25, 0.3) is 0 Å². The van der Waals surface area contributed by atoms with Gasteiger partial charge in [-0.1, -0.05) is 19.3 Å². The van der Waals surface area contributed by atoms with E-state index in [0.29, 0.717) is 0 Å². The predicted octanol–water partition coefficient (Wildman–Crippen LogP) is 2.57. The van der Waals surface area contributed by atoms with Gasteiger partial charge in [0.1, 0.15) is 0 Å². The molecular formula is C17H26N4. The lowest BCUT2D eigenvalue weighted by Crippen LogP contribution is -2.64. The molecule has 2 atom stereocenters.